The largest absolute Gasteiger partial charge is 0.389 e. The highest BCUT2D eigenvalue weighted by Gasteiger charge is 2.26. The lowest BCUT2D eigenvalue weighted by molar-refractivity contribution is -0.135. The summed E-state index contributed by atoms with van der Waals surface area (Å²) in [4.78, 5) is 0. The van der Waals surface area contributed by atoms with Crippen LogP contribution < -0.4 is 5.32 Å². The van der Waals surface area contributed by atoms with E-state index >= 15 is 0 Å². The van der Waals surface area contributed by atoms with Crippen LogP contribution in [0.1, 0.15) is 43.4 Å². The van der Waals surface area contributed by atoms with Crippen molar-refractivity contribution in [2.45, 2.75) is 45.3 Å². The van der Waals surface area contributed by atoms with Gasteiger partial charge in [-0.2, -0.15) is 13.2 Å². The average Bonchev–Trinajstić information content (AvgIpc) is 2.30. The molecule has 1 aromatic rings. The van der Waals surface area contributed by atoms with Crippen molar-refractivity contribution in [2.75, 3.05) is 6.54 Å². The maximum absolute atomic E-state index is 12.2. The van der Waals surface area contributed by atoms with Gasteiger partial charge in [-0.3, -0.25) is 0 Å². The molecule has 0 aromatic heterocycles. The van der Waals surface area contributed by atoms with Gasteiger partial charge in [0, 0.05) is 16.9 Å². The van der Waals surface area contributed by atoms with E-state index in [2.05, 4.69) is 21.2 Å². The van der Waals surface area contributed by atoms with Crippen molar-refractivity contribution >= 4 is 15.9 Å². The summed E-state index contributed by atoms with van der Waals surface area (Å²) in [5.74, 6) is 0. The smallest absolute Gasteiger partial charge is 0.310 e. The number of hydrogen-bond acceptors (Lipinski definition) is 1. The number of nitrogens with one attached hydrogen (secondary N) is 1. The quantitative estimate of drug-likeness (QED) is 0.757. The average molecular weight is 338 g/mol. The Hall–Kier alpha value is -0.550. The second-order valence-corrected chi connectivity index (χ2v) is 5.48. The molecule has 0 aliphatic carbocycles. The Morgan fingerprint density at radius 3 is 2.53 bits per heavy atom. The molecule has 108 valence electrons. The minimum absolute atomic E-state index is 0.0147. The fraction of sp³-hybridized carbons (Fsp3) is 0.571. The van der Waals surface area contributed by atoms with Gasteiger partial charge in [0.25, 0.3) is 0 Å². The molecule has 0 amide bonds. The number of aryl methyl sites for hydroxylation is 1. The van der Waals surface area contributed by atoms with Gasteiger partial charge < -0.3 is 5.32 Å². The molecule has 1 rings (SSSR count). The van der Waals surface area contributed by atoms with Gasteiger partial charge >= 0.3 is 6.18 Å². The first-order valence-corrected chi connectivity index (χ1v) is 7.19. The van der Waals surface area contributed by atoms with Crippen molar-refractivity contribution < 1.29 is 13.2 Å². The second kappa shape index (κ2) is 7.29. The molecule has 0 bridgehead atoms. The predicted octanol–water partition coefficient (Wildman–Crippen LogP) is 5.14. The summed E-state index contributed by atoms with van der Waals surface area (Å²) in [7, 11) is 0. The monoisotopic (exact) mass is 337 g/mol. The summed E-state index contributed by atoms with van der Waals surface area (Å²) in [6, 6.07) is 5.90. The highest BCUT2D eigenvalue weighted by molar-refractivity contribution is 9.10. The molecule has 0 radical (unpaired) electrons. The van der Waals surface area contributed by atoms with Crippen molar-refractivity contribution in [3.8, 4) is 0 Å². The Bertz CT molecular complexity index is 404. The molecule has 0 fully saturated rings. The molecule has 0 heterocycles. The summed E-state index contributed by atoms with van der Waals surface area (Å²) < 4.78 is 37.6. The van der Waals surface area contributed by atoms with Crippen LogP contribution in [0.15, 0.2) is 22.7 Å². The maximum atomic E-state index is 12.2. The lowest BCUT2D eigenvalue weighted by Gasteiger charge is -2.19. The van der Waals surface area contributed by atoms with Crippen molar-refractivity contribution in [2.24, 2.45) is 0 Å². The molecule has 1 aromatic carbocycles. The summed E-state index contributed by atoms with van der Waals surface area (Å²) >= 11 is 3.43. The van der Waals surface area contributed by atoms with Crippen LogP contribution in [-0.2, 0) is 0 Å². The van der Waals surface area contributed by atoms with Crippen molar-refractivity contribution in [3.05, 3.63) is 33.8 Å². The predicted molar refractivity (Wildman–Crippen MR) is 75.2 cm³/mol. The van der Waals surface area contributed by atoms with E-state index in [0.29, 0.717) is 6.42 Å². The van der Waals surface area contributed by atoms with E-state index in [1.807, 2.05) is 32.0 Å². The zero-order chi connectivity index (χ0) is 14.5. The molecule has 1 atom stereocenters. The minimum atomic E-state index is -4.06. The third-order valence-electron chi connectivity index (χ3n) is 2.99. The van der Waals surface area contributed by atoms with Crippen molar-refractivity contribution in [1.82, 2.24) is 5.32 Å². The Balaban J connectivity index is 2.68. The van der Waals surface area contributed by atoms with E-state index in [9.17, 15) is 13.2 Å². The number of benzene rings is 1. The SMILES string of the molecule is CCNC(CCCC(F)(F)F)c1ccc(Br)c(C)c1. The molecule has 0 aliphatic rings. The Morgan fingerprint density at radius 2 is 2.00 bits per heavy atom. The van der Waals surface area contributed by atoms with Gasteiger partial charge in [0.05, 0.1) is 0 Å². The highest BCUT2D eigenvalue weighted by Crippen LogP contribution is 2.28. The van der Waals surface area contributed by atoms with Crippen LogP contribution in [0, 0.1) is 6.92 Å². The zero-order valence-corrected chi connectivity index (χ0v) is 12.7. The van der Waals surface area contributed by atoms with E-state index in [1.165, 1.54) is 0 Å². The molecule has 1 unspecified atom stereocenters. The number of alkyl halides is 3. The third-order valence-corrected chi connectivity index (χ3v) is 3.88. The van der Waals surface area contributed by atoms with E-state index in [0.717, 1.165) is 22.1 Å². The molecule has 19 heavy (non-hydrogen) atoms. The van der Waals surface area contributed by atoms with E-state index < -0.39 is 12.6 Å². The summed E-state index contributed by atoms with van der Waals surface area (Å²) in [5.41, 5.74) is 2.14. The summed E-state index contributed by atoms with van der Waals surface area (Å²) in [6.07, 6.45) is -4.14. The van der Waals surface area contributed by atoms with Gasteiger partial charge in [0.2, 0.25) is 0 Å². The molecular formula is C14H19BrF3N. The van der Waals surface area contributed by atoms with Crippen LogP contribution in [0.3, 0.4) is 0 Å². The normalized spacial score (nSPS) is 13.6. The Labute approximate surface area is 120 Å². The van der Waals surface area contributed by atoms with Gasteiger partial charge in [-0.25, -0.2) is 0 Å². The van der Waals surface area contributed by atoms with Gasteiger partial charge in [-0.05, 0) is 43.5 Å². The zero-order valence-electron chi connectivity index (χ0n) is 11.1. The second-order valence-electron chi connectivity index (χ2n) is 4.63. The van der Waals surface area contributed by atoms with E-state index in [4.69, 9.17) is 0 Å². The van der Waals surface area contributed by atoms with Crippen LogP contribution in [0.5, 0.6) is 0 Å². The molecule has 1 nitrogen and oxygen atoms in total. The number of hydrogen-bond donors (Lipinski definition) is 1. The van der Waals surface area contributed by atoms with Crippen molar-refractivity contribution in [1.29, 1.82) is 0 Å². The fourth-order valence-corrected chi connectivity index (χ4v) is 2.27. The van der Waals surface area contributed by atoms with Crippen LogP contribution in [0.4, 0.5) is 13.2 Å². The lowest BCUT2D eigenvalue weighted by atomic mass is 9.99. The van der Waals surface area contributed by atoms with E-state index in [1.54, 1.807) is 0 Å². The van der Waals surface area contributed by atoms with Gasteiger partial charge in [-0.15, -0.1) is 0 Å². The third kappa shape index (κ3) is 5.95. The standard InChI is InChI=1S/C14H19BrF3N/c1-3-19-13(5-4-8-14(16,17)18)11-6-7-12(15)10(2)9-11/h6-7,9,13,19H,3-5,8H2,1-2H3. The topological polar surface area (TPSA) is 12.0 Å². The maximum Gasteiger partial charge on any atom is 0.389 e. The van der Waals surface area contributed by atoms with Gasteiger partial charge in [-0.1, -0.05) is 35.0 Å². The molecule has 0 saturated carbocycles. The minimum Gasteiger partial charge on any atom is -0.310 e. The summed E-state index contributed by atoms with van der Waals surface area (Å²) in [6.45, 7) is 4.68. The van der Waals surface area contributed by atoms with Gasteiger partial charge in [0.1, 0.15) is 0 Å². The molecule has 0 spiro atoms. The number of halogens is 4. The first-order chi connectivity index (χ1) is 8.83. The van der Waals surface area contributed by atoms with Crippen LogP contribution in [-0.4, -0.2) is 12.7 Å². The summed E-state index contributed by atoms with van der Waals surface area (Å²) in [5, 5.41) is 3.25. The number of rotatable bonds is 6. The highest BCUT2D eigenvalue weighted by atomic mass is 79.9. The van der Waals surface area contributed by atoms with Crippen LogP contribution in [0.2, 0.25) is 0 Å². The van der Waals surface area contributed by atoms with Crippen LogP contribution >= 0.6 is 15.9 Å². The Kier molecular flexibility index (Phi) is 6.33. The first kappa shape index (κ1) is 16.5. The first-order valence-electron chi connectivity index (χ1n) is 6.39. The van der Waals surface area contributed by atoms with Gasteiger partial charge in [0.15, 0.2) is 0 Å². The van der Waals surface area contributed by atoms with E-state index in [-0.39, 0.29) is 12.5 Å². The van der Waals surface area contributed by atoms with Crippen LogP contribution in [0.25, 0.3) is 0 Å². The molecule has 0 aliphatic heterocycles. The van der Waals surface area contributed by atoms with Crippen molar-refractivity contribution in [3.63, 3.8) is 0 Å². The fourth-order valence-electron chi connectivity index (χ4n) is 2.02. The molecule has 0 saturated heterocycles. The lowest BCUT2D eigenvalue weighted by Crippen LogP contribution is -2.21. The molecule has 1 N–H and O–H groups in total. The molecule has 5 heteroatoms. The Morgan fingerprint density at radius 1 is 1.32 bits per heavy atom. The molecular weight excluding hydrogens is 319 g/mol.